The average molecular weight is 349 g/mol. The van der Waals surface area contributed by atoms with Crippen LogP contribution in [0.4, 0.5) is 0 Å². The summed E-state index contributed by atoms with van der Waals surface area (Å²) in [6.45, 7) is 0. The Labute approximate surface area is 134 Å². The van der Waals surface area contributed by atoms with Crippen molar-refractivity contribution >= 4 is 27.5 Å². The van der Waals surface area contributed by atoms with Gasteiger partial charge < -0.3 is 5.11 Å². The highest BCUT2D eigenvalue weighted by molar-refractivity contribution is 9.11. The first kappa shape index (κ1) is 14.8. The fraction of sp³-hybridized carbons (Fsp3) is 0.500. The Morgan fingerprint density at radius 1 is 1.10 bits per heavy atom. The van der Waals surface area contributed by atoms with Gasteiger partial charge in [-0.25, -0.2) is 4.79 Å². The van der Waals surface area contributed by atoms with E-state index in [1.807, 2.05) is 12.1 Å². The number of benzene rings is 1. The standard InChI is InChI=1S/C18H21BrO2/c19-16-8-4-7-13-11-14(18(20)21)9-10-15(13)17(16)12-5-2-1-3-6-12/h9-12H,1-8H2,(H,20,21). The van der Waals surface area contributed by atoms with Gasteiger partial charge in [-0.1, -0.05) is 41.3 Å². The number of rotatable bonds is 2. The van der Waals surface area contributed by atoms with Gasteiger partial charge in [0.15, 0.2) is 0 Å². The lowest BCUT2D eigenvalue weighted by molar-refractivity contribution is 0.0696. The van der Waals surface area contributed by atoms with E-state index in [1.165, 1.54) is 53.3 Å². The van der Waals surface area contributed by atoms with Gasteiger partial charge in [0.1, 0.15) is 0 Å². The van der Waals surface area contributed by atoms with Gasteiger partial charge in [0.05, 0.1) is 5.56 Å². The Kier molecular flexibility index (Phi) is 4.48. The molecule has 1 fully saturated rings. The topological polar surface area (TPSA) is 37.3 Å². The predicted octanol–water partition coefficient (Wildman–Crippen LogP) is 5.41. The van der Waals surface area contributed by atoms with Crippen LogP contribution in [-0.4, -0.2) is 11.1 Å². The van der Waals surface area contributed by atoms with Crippen molar-refractivity contribution in [3.63, 3.8) is 0 Å². The number of carbonyl (C=O) groups is 1. The van der Waals surface area contributed by atoms with Crippen LogP contribution in [0.15, 0.2) is 22.7 Å². The second-order valence-corrected chi connectivity index (χ2v) is 7.14. The molecule has 0 heterocycles. The molecule has 0 spiro atoms. The molecule has 1 saturated carbocycles. The molecule has 112 valence electrons. The van der Waals surface area contributed by atoms with Gasteiger partial charge >= 0.3 is 5.97 Å². The summed E-state index contributed by atoms with van der Waals surface area (Å²) in [4.78, 5) is 11.2. The van der Waals surface area contributed by atoms with Crippen molar-refractivity contribution in [2.75, 3.05) is 0 Å². The number of allylic oxidation sites excluding steroid dienone is 2. The van der Waals surface area contributed by atoms with E-state index < -0.39 is 5.97 Å². The molecule has 1 aromatic rings. The molecule has 0 unspecified atom stereocenters. The van der Waals surface area contributed by atoms with E-state index in [2.05, 4.69) is 15.9 Å². The Morgan fingerprint density at radius 2 is 1.86 bits per heavy atom. The van der Waals surface area contributed by atoms with Crippen molar-refractivity contribution in [2.45, 2.75) is 51.4 Å². The third kappa shape index (κ3) is 3.08. The summed E-state index contributed by atoms with van der Waals surface area (Å²) in [5.41, 5.74) is 4.37. The zero-order valence-electron chi connectivity index (χ0n) is 12.2. The smallest absolute Gasteiger partial charge is 0.335 e. The number of carboxylic acids is 1. The zero-order valence-corrected chi connectivity index (χ0v) is 13.8. The van der Waals surface area contributed by atoms with Crippen LogP contribution in [0, 0.1) is 5.92 Å². The van der Waals surface area contributed by atoms with Gasteiger partial charge in [-0.05, 0) is 71.3 Å². The average Bonchev–Trinajstić information content (AvgIpc) is 2.65. The van der Waals surface area contributed by atoms with Crippen LogP contribution >= 0.6 is 15.9 Å². The molecule has 0 aromatic heterocycles. The van der Waals surface area contributed by atoms with E-state index >= 15 is 0 Å². The van der Waals surface area contributed by atoms with Crippen LogP contribution in [0.1, 0.15) is 66.4 Å². The normalized spacial score (nSPS) is 20.0. The number of hydrogen-bond acceptors (Lipinski definition) is 1. The Morgan fingerprint density at radius 3 is 2.57 bits per heavy atom. The molecule has 0 atom stereocenters. The minimum Gasteiger partial charge on any atom is -0.478 e. The predicted molar refractivity (Wildman–Crippen MR) is 88.8 cm³/mol. The molecule has 0 aliphatic heterocycles. The second kappa shape index (κ2) is 6.35. The van der Waals surface area contributed by atoms with Crippen LogP contribution in [0.3, 0.4) is 0 Å². The molecule has 3 heteroatoms. The molecule has 2 nitrogen and oxygen atoms in total. The largest absolute Gasteiger partial charge is 0.478 e. The van der Waals surface area contributed by atoms with Crippen molar-refractivity contribution in [3.05, 3.63) is 39.4 Å². The summed E-state index contributed by atoms with van der Waals surface area (Å²) < 4.78 is 1.34. The number of fused-ring (bicyclic) bond motifs is 1. The minimum atomic E-state index is -0.829. The van der Waals surface area contributed by atoms with Crippen molar-refractivity contribution in [2.24, 2.45) is 5.92 Å². The minimum absolute atomic E-state index is 0.412. The van der Waals surface area contributed by atoms with Gasteiger partial charge in [0.2, 0.25) is 0 Å². The van der Waals surface area contributed by atoms with Crippen LogP contribution in [0.2, 0.25) is 0 Å². The lowest BCUT2D eigenvalue weighted by Crippen LogP contribution is -2.11. The highest BCUT2D eigenvalue weighted by atomic mass is 79.9. The van der Waals surface area contributed by atoms with E-state index in [9.17, 15) is 9.90 Å². The van der Waals surface area contributed by atoms with Crippen LogP contribution < -0.4 is 0 Å². The first-order valence-corrected chi connectivity index (χ1v) is 8.71. The maximum Gasteiger partial charge on any atom is 0.335 e. The number of hydrogen-bond donors (Lipinski definition) is 1. The molecule has 21 heavy (non-hydrogen) atoms. The molecule has 0 bridgehead atoms. The quantitative estimate of drug-likeness (QED) is 0.775. The Bertz CT molecular complexity index is 583. The maximum atomic E-state index is 11.2. The van der Waals surface area contributed by atoms with Crippen LogP contribution in [0.25, 0.3) is 5.57 Å². The first-order chi connectivity index (χ1) is 10.2. The maximum absolute atomic E-state index is 11.2. The fourth-order valence-corrected chi connectivity index (χ4v) is 4.56. The second-order valence-electron chi connectivity index (χ2n) is 6.18. The first-order valence-electron chi connectivity index (χ1n) is 7.92. The Hall–Kier alpha value is -1.09. The molecule has 2 aliphatic carbocycles. The molecule has 0 radical (unpaired) electrons. The molecular weight excluding hydrogens is 328 g/mol. The third-order valence-corrected chi connectivity index (χ3v) is 5.61. The monoisotopic (exact) mass is 348 g/mol. The Balaban J connectivity index is 2.04. The van der Waals surface area contributed by atoms with Crippen molar-refractivity contribution in [3.8, 4) is 0 Å². The van der Waals surface area contributed by atoms with E-state index in [1.54, 1.807) is 6.07 Å². The van der Waals surface area contributed by atoms with Gasteiger partial charge in [0.25, 0.3) is 0 Å². The zero-order chi connectivity index (χ0) is 14.8. The summed E-state index contributed by atoms with van der Waals surface area (Å²) >= 11 is 3.82. The summed E-state index contributed by atoms with van der Waals surface area (Å²) in [6, 6.07) is 5.68. The molecule has 0 saturated heterocycles. The van der Waals surface area contributed by atoms with Gasteiger partial charge in [-0.2, -0.15) is 0 Å². The lowest BCUT2D eigenvalue weighted by atomic mass is 9.79. The SMILES string of the molecule is O=C(O)c1ccc2c(c1)CCCC(Br)=C2C1CCCCC1. The summed E-state index contributed by atoms with van der Waals surface area (Å²) in [7, 11) is 0. The van der Waals surface area contributed by atoms with Gasteiger partial charge in [-0.3, -0.25) is 0 Å². The highest BCUT2D eigenvalue weighted by Gasteiger charge is 2.25. The number of aromatic carboxylic acids is 1. The fourth-order valence-electron chi connectivity index (χ4n) is 3.74. The number of carboxylic acid groups (broad SMARTS) is 1. The number of halogens is 1. The van der Waals surface area contributed by atoms with Crippen molar-refractivity contribution < 1.29 is 9.90 Å². The van der Waals surface area contributed by atoms with E-state index in [4.69, 9.17) is 0 Å². The molecule has 3 rings (SSSR count). The lowest BCUT2D eigenvalue weighted by Gasteiger charge is -2.26. The van der Waals surface area contributed by atoms with E-state index in [-0.39, 0.29) is 0 Å². The van der Waals surface area contributed by atoms with Gasteiger partial charge in [0, 0.05) is 0 Å². The van der Waals surface area contributed by atoms with Crippen molar-refractivity contribution in [1.29, 1.82) is 0 Å². The molecule has 0 amide bonds. The van der Waals surface area contributed by atoms with E-state index in [0.717, 1.165) is 19.3 Å². The summed E-state index contributed by atoms with van der Waals surface area (Å²) in [5, 5.41) is 9.20. The van der Waals surface area contributed by atoms with Crippen molar-refractivity contribution in [1.82, 2.24) is 0 Å². The molecule has 1 N–H and O–H groups in total. The van der Waals surface area contributed by atoms with Crippen LogP contribution in [-0.2, 0) is 6.42 Å². The summed E-state index contributed by atoms with van der Waals surface area (Å²) in [6.07, 6.45) is 9.66. The summed E-state index contributed by atoms with van der Waals surface area (Å²) in [5.74, 6) is -0.190. The number of aryl methyl sites for hydroxylation is 1. The molecular formula is C18H21BrO2. The van der Waals surface area contributed by atoms with Crippen LogP contribution in [0.5, 0.6) is 0 Å². The van der Waals surface area contributed by atoms with Gasteiger partial charge in [-0.15, -0.1) is 0 Å². The van der Waals surface area contributed by atoms with E-state index in [0.29, 0.717) is 11.5 Å². The molecule has 2 aliphatic rings. The third-order valence-electron chi connectivity index (χ3n) is 4.79. The molecule has 1 aromatic carbocycles. The highest BCUT2D eigenvalue weighted by Crippen LogP contribution is 2.43.